The van der Waals surface area contributed by atoms with Crippen LogP contribution in [-0.2, 0) is 0 Å². The van der Waals surface area contributed by atoms with Crippen molar-refractivity contribution in [3.63, 3.8) is 0 Å². The van der Waals surface area contributed by atoms with Gasteiger partial charge in [-0.1, -0.05) is 37.3 Å². The molecular formula is C12H17N. The number of nitrogens with one attached hydrogen (secondary N) is 1. The highest BCUT2D eigenvalue weighted by Gasteiger charge is 2.19. The summed E-state index contributed by atoms with van der Waals surface area (Å²) < 4.78 is 0. The molecule has 0 amide bonds. The molecule has 0 aromatic heterocycles. The molecule has 1 saturated heterocycles. The zero-order valence-corrected chi connectivity index (χ0v) is 8.16. The first-order chi connectivity index (χ1) is 6.36. The first-order valence-corrected chi connectivity index (χ1v) is 5.14. The highest BCUT2D eigenvalue weighted by Crippen LogP contribution is 2.23. The van der Waals surface area contributed by atoms with Crippen LogP contribution in [0.15, 0.2) is 30.3 Å². The summed E-state index contributed by atoms with van der Waals surface area (Å²) in [5, 5.41) is 3.45. The summed E-state index contributed by atoms with van der Waals surface area (Å²) in [6, 6.07) is 11.6. The maximum Gasteiger partial charge on any atom is 0.00848 e. The van der Waals surface area contributed by atoms with E-state index in [0.717, 1.165) is 6.04 Å². The maximum absolute atomic E-state index is 3.45. The Morgan fingerprint density at radius 2 is 2.08 bits per heavy atom. The minimum absolute atomic E-state index is 0.694. The Morgan fingerprint density at radius 3 is 2.62 bits per heavy atom. The summed E-state index contributed by atoms with van der Waals surface area (Å²) in [5.74, 6) is 0.694. The Hall–Kier alpha value is -0.820. The minimum Gasteiger partial charge on any atom is -0.314 e. The van der Waals surface area contributed by atoms with Gasteiger partial charge in [0.05, 0.1) is 0 Å². The Balaban J connectivity index is 1.92. The normalized spacial score (nSPS) is 23.6. The van der Waals surface area contributed by atoms with Crippen LogP contribution in [0.3, 0.4) is 0 Å². The second-order valence-corrected chi connectivity index (χ2v) is 3.99. The molecule has 0 spiro atoms. The van der Waals surface area contributed by atoms with Crippen LogP contribution in [0.25, 0.3) is 0 Å². The number of benzene rings is 1. The van der Waals surface area contributed by atoms with Crippen LogP contribution >= 0.6 is 0 Å². The van der Waals surface area contributed by atoms with Crippen molar-refractivity contribution in [2.45, 2.75) is 31.7 Å². The molecule has 1 heteroatoms. The lowest BCUT2D eigenvalue weighted by molar-refractivity contribution is 0.334. The van der Waals surface area contributed by atoms with E-state index in [1.807, 2.05) is 0 Å². The van der Waals surface area contributed by atoms with E-state index in [1.165, 1.54) is 24.9 Å². The molecule has 1 aromatic carbocycles. The van der Waals surface area contributed by atoms with Crippen molar-refractivity contribution < 1.29 is 0 Å². The monoisotopic (exact) mass is 175 g/mol. The lowest BCUT2D eigenvalue weighted by Gasteiger charge is -2.30. The standard InChI is InChI=1S/C12H17N/c1-10(9-12-7-8-13-12)11-5-3-2-4-6-11/h2-6,10,12-13H,7-9H2,1H3. The molecule has 2 atom stereocenters. The molecule has 13 heavy (non-hydrogen) atoms. The molecular weight excluding hydrogens is 158 g/mol. The highest BCUT2D eigenvalue weighted by atomic mass is 15.0. The van der Waals surface area contributed by atoms with Crippen molar-refractivity contribution in [2.75, 3.05) is 6.54 Å². The van der Waals surface area contributed by atoms with Crippen LogP contribution in [0.4, 0.5) is 0 Å². The second-order valence-electron chi connectivity index (χ2n) is 3.99. The quantitative estimate of drug-likeness (QED) is 0.744. The van der Waals surface area contributed by atoms with Gasteiger partial charge in [0.25, 0.3) is 0 Å². The fraction of sp³-hybridized carbons (Fsp3) is 0.500. The van der Waals surface area contributed by atoms with Gasteiger partial charge in [-0.25, -0.2) is 0 Å². The largest absolute Gasteiger partial charge is 0.314 e. The first kappa shape index (κ1) is 8.76. The average Bonchev–Trinajstić information content (AvgIpc) is 2.12. The zero-order chi connectivity index (χ0) is 9.10. The summed E-state index contributed by atoms with van der Waals surface area (Å²) in [6.07, 6.45) is 2.64. The van der Waals surface area contributed by atoms with Gasteiger partial charge in [0.1, 0.15) is 0 Å². The third-order valence-corrected chi connectivity index (χ3v) is 2.93. The highest BCUT2D eigenvalue weighted by molar-refractivity contribution is 5.19. The van der Waals surface area contributed by atoms with Crippen molar-refractivity contribution in [1.29, 1.82) is 0 Å². The van der Waals surface area contributed by atoms with Gasteiger partial charge >= 0.3 is 0 Å². The summed E-state index contributed by atoms with van der Waals surface area (Å²) in [7, 11) is 0. The Labute approximate surface area is 80.2 Å². The van der Waals surface area contributed by atoms with E-state index < -0.39 is 0 Å². The summed E-state index contributed by atoms with van der Waals surface area (Å²) in [4.78, 5) is 0. The molecule has 0 aliphatic carbocycles. The van der Waals surface area contributed by atoms with E-state index in [0.29, 0.717) is 5.92 Å². The second kappa shape index (κ2) is 3.93. The minimum atomic E-state index is 0.694. The molecule has 0 saturated carbocycles. The van der Waals surface area contributed by atoms with E-state index in [2.05, 4.69) is 42.6 Å². The van der Waals surface area contributed by atoms with Gasteiger partial charge in [0.15, 0.2) is 0 Å². The molecule has 1 N–H and O–H groups in total. The van der Waals surface area contributed by atoms with Crippen molar-refractivity contribution in [3.05, 3.63) is 35.9 Å². The van der Waals surface area contributed by atoms with Gasteiger partial charge in [-0.15, -0.1) is 0 Å². The van der Waals surface area contributed by atoms with E-state index in [1.54, 1.807) is 0 Å². The van der Waals surface area contributed by atoms with Gasteiger partial charge in [0.2, 0.25) is 0 Å². The molecule has 1 heterocycles. The van der Waals surface area contributed by atoms with Gasteiger partial charge < -0.3 is 5.32 Å². The van der Waals surface area contributed by atoms with Crippen LogP contribution in [0.1, 0.15) is 31.2 Å². The topological polar surface area (TPSA) is 12.0 Å². The number of hydrogen-bond acceptors (Lipinski definition) is 1. The summed E-state index contributed by atoms with van der Waals surface area (Å²) in [5.41, 5.74) is 1.47. The summed E-state index contributed by atoms with van der Waals surface area (Å²) in [6.45, 7) is 3.53. The van der Waals surface area contributed by atoms with Crippen LogP contribution in [0.5, 0.6) is 0 Å². The van der Waals surface area contributed by atoms with Gasteiger partial charge in [-0.2, -0.15) is 0 Å². The Bertz CT molecular complexity index is 251. The smallest absolute Gasteiger partial charge is 0.00848 e. The maximum atomic E-state index is 3.45. The summed E-state index contributed by atoms with van der Waals surface area (Å²) >= 11 is 0. The van der Waals surface area contributed by atoms with Gasteiger partial charge in [0, 0.05) is 6.04 Å². The molecule has 1 aliphatic heterocycles. The predicted molar refractivity (Wildman–Crippen MR) is 55.9 cm³/mol. The predicted octanol–water partition coefficient (Wildman–Crippen LogP) is 2.54. The average molecular weight is 175 g/mol. The lowest BCUT2D eigenvalue weighted by Crippen LogP contribution is -2.43. The molecule has 1 aliphatic rings. The van der Waals surface area contributed by atoms with E-state index in [9.17, 15) is 0 Å². The molecule has 0 bridgehead atoms. The fourth-order valence-corrected chi connectivity index (χ4v) is 1.89. The van der Waals surface area contributed by atoms with Crippen LogP contribution in [0.2, 0.25) is 0 Å². The van der Waals surface area contributed by atoms with Crippen molar-refractivity contribution in [2.24, 2.45) is 0 Å². The third kappa shape index (κ3) is 2.10. The van der Waals surface area contributed by atoms with Crippen molar-refractivity contribution in [3.8, 4) is 0 Å². The van der Waals surface area contributed by atoms with Gasteiger partial charge in [-0.3, -0.25) is 0 Å². The number of hydrogen-bond donors (Lipinski definition) is 1. The van der Waals surface area contributed by atoms with E-state index in [4.69, 9.17) is 0 Å². The Morgan fingerprint density at radius 1 is 1.38 bits per heavy atom. The van der Waals surface area contributed by atoms with Crippen molar-refractivity contribution in [1.82, 2.24) is 5.32 Å². The Kier molecular flexibility index (Phi) is 2.65. The SMILES string of the molecule is CC(CC1CCN1)c1ccccc1. The lowest BCUT2D eigenvalue weighted by atomic mass is 9.90. The molecule has 2 unspecified atom stereocenters. The number of rotatable bonds is 3. The molecule has 0 radical (unpaired) electrons. The van der Waals surface area contributed by atoms with Gasteiger partial charge in [-0.05, 0) is 30.9 Å². The van der Waals surface area contributed by atoms with Crippen LogP contribution in [0, 0.1) is 0 Å². The molecule has 70 valence electrons. The molecule has 2 rings (SSSR count). The van der Waals surface area contributed by atoms with Crippen molar-refractivity contribution >= 4 is 0 Å². The van der Waals surface area contributed by atoms with Crippen LogP contribution in [-0.4, -0.2) is 12.6 Å². The van der Waals surface area contributed by atoms with E-state index >= 15 is 0 Å². The molecule has 1 aromatic rings. The fourth-order valence-electron chi connectivity index (χ4n) is 1.89. The van der Waals surface area contributed by atoms with Crippen LogP contribution < -0.4 is 5.32 Å². The third-order valence-electron chi connectivity index (χ3n) is 2.93. The zero-order valence-electron chi connectivity index (χ0n) is 8.16. The molecule has 1 nitrogen and oxygen atoms in total. The van der Waals surface area contributed by atoms with E-state index in [-0.39, 0.29) is 0 Å². The molecule has 1 fully saturated rings. The first-order valence-electron chi connectivity index (χ1n) is 5.14.